The first-order chi connectivity index (χ1) is 12.0. The van der Waals surface area contributed by atoms with Crippen LogP contribution in [0.2, 0.25) is 0 Å². The van der Waals surface area contributed by atoms with Crippen LogP contribution in [0, 0.1) is 31.1 Å². The van der Waals surface area contributed by atoms with E-state index in [0.717, 1.165) is 23.6 Å². The minimum absolute atomic E-state index is 0.0867. The van der Waals surface area contributed by atoms with Crippen LogP contribution in [0.3, 0.4) is 0 Å². The molecule has 2 aromatic heterocycles. The normalized spacial score (nSPS) is 19.5. The largest absolute Gasteiger partial charge is 0.461 e. The molecule has 25 heavy (non-hydrogen) atoms. The number of aryl methyl sites for hydroxylation is 1. The fraction of sp³-hybridized carbons (Fsp3) is 0.333. The molecule has 128 valence electrons. The molecule has 0 bridgehead atoms. The lowest BCUT2D eigenvalue weighted by Crippen LogP contribution is -2.05. The molecule has 1 saturated carbocycles. The molecule has 0 unspecified atom stereocenters. The van der Waals surface area contributed by atoms with E-state index in [1.54, 1.807) is 12.2 Å². The van der Waals surface area contributed by atoms with Crippen molar-refractivity contribution >= 4 is 11.9 Å². The first kappa shape index (κ1) is 17.0. The molecule has 1 fully saturated rings. The van der Waals surface area contributed by atoms with Gasteiger partial charge in [0.15, 0.2) is 0 Å². The molecule has 3 rings (SSSR count). The van der Waals surface area contributed by atoms with Gasteiger partial charge in [0.05, 0.1) is 0 Å². The Morgan fingerprint density at radius 2 is 2.20 bits per heavy atom. The second-order valence-corrected chi connectivity index (χ2v) is 6.74. The SMILES string of the molecule is C=CCn1c(C)cc(C(=O)/C(C#N)=C/c2ccc([C@@H]3C[C@H]3C)o2)c1C. The van der Waals surface area contributed by atoms with Gasteiger partial charge >= 0.3 is 0 Å². The highest BCUT2D eigenvalue weighted by molar-refractivity contribution is 6.14. The molecule has 4 nitrogen and oxygen atoms in total. The van der Waals surface area contributed by atoms with Gasteiger partial charge in [-0.2, -0.15) is 5.26 Å². The predicted octanol–water partition coefficient (Wildman–Crippen LogP) is 4.80. The second-order valence-electron chi connectivity index (χ2n) is 6.74. The summed E-state index contributed by atoms with van der Waals surface area (Å²) in [5.41, 5.74) is 2.45. The lowest BCUT2D eigenvalue weighted by Gasteiger charge is -2.05. The van der Waals surface area contributed by atoms with Gasteiger partial charge in [-0.3, -0.25) is 4.79 Å². The van der Waals surface area contributed by atoms with E-state index in [9.17, 15) is 10.1 Å². The van der Waals surface area contributed by atoms with Gasteiger partial charge < -0.3 is 8.98 Å². The Morgan fingerprint density at radius 1 is 1.48 bits per heavy atom. The smallest absolute Gasteiger partial charge is 0.205 e. The van der Waals surface area contributed by atoms with Crippen molar-refractivity contribution in [1.29, 1.82) is 5.26 Å². The highest BCUT2D eigenvalue weighted by atomic mass is 16.3. The number of furan rings is 1. The van der Waals surface area contributed by atoms with Gasteiger partial charge in [-0.05, 0) is 44.4 Å². The Labute approximate surface area is 148 Å². The molecule has 0 aromatic carbocycles. The lowest BCUT2D eigenvalue weighted by atomic mass is 10.0. The molecule has 0 amide bonds. The molecule has 1 aliphatic carbocycles. The van der Waals surface area contributed by atoms with Gasteiger partial charge in [-0.1, -0.05) is 13.0 Å². The predicted molar refractivity (Wildman–Crippen MR) is 97.3 cm³/mol. The number of hydrogen-bond donors (Lipinski definition) is 0. The third-order valence-electron chi connectivity index (χ3n) is 4.90. The first-order valence-corrected chi connectivity index (χ1v) is 8.50. The number of hydrogen-bond acceptors (Lipinski definition) is 3. The number of carbonyl (C=O) groups is 1. The van der Waals surface area contributed by atoms with E-state index in [-0.39, 0.29) is 11.4 Å². The lowest BCUT2D eigenvalue weighted by molar-refractivity contribution is 0.103. The molecule has 0 radical (unpaired) electrons. The zero-order valence-corrected chi connectivity index (χ0v) is 14.9. The molecule has 0 spiro atoms. The number of nitriles is 1. The molecule has 2 atom stereocenters. The summed E-state index contributed by atoms with van der Waals surface area (Å²) in [6, 6.07) is 7.61. The fourth-order valence-corrected chi connectivity index (χ4v) is 3.24. The van der Waals surface area contributed by atoms with Crippen LogP contribution in [0.4, 0.5) is 0 Å². The molecule has 2 aromatic rings. The molecule has 1 aliphatic rings. The molecule has 2 heterocycles. The van der Waals surface area contributed by atoms with E-state index in [1.807, 2.05) is 42.7 Å². The molecular formula is C21H22N2O2. The maximum atomic E-state index is 12.8. The number of aromatic nitrogens is 1. The maximum Gasteiger partial charge on any atom is 0.205 e. The Bertz CT molecular complexity index is 905. The number of carbonyl (C=O) groups excluding carboxylic acids is 1. The number of ketones is 1. The standard InChI is InChI=1S/C21H22N2O2/c1-5-8-23-14(3)10-19(15(23)4)21(24)16(12-22)11-17-6-7-20(25-17)18-9-13(18)2/h5-7,10-11,13,18H,1,8-9H2,2-4H3/b16-11+/t13-,18-/m1/s1. The zero-order valence-electron chi connectivity index (χ0n) is 14.9. The molecule has 0 saturated heterocycles. The number of nitrogens with zero attached hydrogens (tertiary/aromatic N) is 2. The van der Waals surface area contributed by atoms with Crippen LogP contribution in [0.15, 0.2) is 40.8 Å². The quantitative estimate of drug-likeness (QED) is 0.330. The number of rotatable bonds is 6. The van der Waals surface area contributed by atoms with Crippen LogP contribution in [0.1, 0.15) is 52.5 Å². The number of Topliss-reactive ketones (excluding diaryl/α,β-unsaturated/α-hetero) is 1. The minimum Gasteiger partial charge on any atom is -0.461 e. The Kier molecular flexibility index (Phi) is 4.50. The van der Waals surface area contributed by atoms with Crippen LogP contribution in [0.5, 0.6) is 0 Å². The topological polar surface area (TPSA) is 58.9 Å². The summed E-state index contributed by atoms with van der Waals surface area (Å²) >= 11 is 0. The van der Waals surface area contributed by atoms with Crippen molar-refractivity contribution in [3.05, 3.63) is 64.9 Å². The fourth-order valence-electron chi connectivity index (χ4n) is 3.24. The van der Waals surface area contributed by atoms with Crippen molar-refractivity contribution < 1.29 is 9.21 Å². The van der Waals surface area contributed by atoms with E-state index in [2.05, 4.69) is 13.5 Å². The highest BCUT2D eigenvalue weighted by Gasteiger charge is 2.36. The summed E-state index contributed by atoms with van der Waals surface area (Å²) in [5.74, 6) is 2.34. The van der Waals surface area contributed by atoms with Gasteiger partial charge in [-0.25, -0.2) is 0 Å². The van der Waals surface area contributed by atoms with Crippen LogP contribution in [-0.4, -0.2) is 10.4 Å². The Hall–Kier alpha value is -2.80. The van der Waals surface area contributed by atoms with Gasteiger partial charge in [0.2, 0.25) is 5.78 Å². The Balaban J connectivity index is 1.89. The second kappa shape index (κ2) is 6.60. The van der Waals surface area contributed by atoms with Crippen LogP contribution >= 0.6 is 0 Å². The van der Waals surface area contributed by atoms with Crippen molar-refractivity contribution in [3.8, 4) is 6.07 Å². The number of allylic oxidation sites excluding steroid dienone is 2. The van der Waals surface area contributed by atoms with Crippen molar-refractivity contribution in [2.24, 2.45) is 5.92 Å². The summed E-state index contributed by atoms with van der Waals surface area (Å²) in [5, 5.41) is 9.46. The zero-order chi connectivity index (χ0) is 18.1. The van der Waals surface area contributed by atoms with Gasteiger partial charge in [-0.15, -0.1) is 6.58 Å². The monoisotopic (exact) mass is 334 g/mol. The van der Waals surface area contributed by atoms with Crippen molar-refractivity contribution in [2.45, 2.75) is 39.7 Å². The van der Waals surface area contributed by atoms with Crippen molar-refractivity contribution in [2.75, 3.05) is 0 Å². The summed E-state index contributed by atoms with van der Waals surface area (Å²) < 4.78 is 7.80. The van der Waals surface area contributed by atoms with Crippen LogP contribution < -0.4 is 0 Å². The Morgan fingerprint density at radius 3 is 2.80 bits per heavy atom. The maximum absolute atomic E-state index is 12.8. The minimum atomic E-state index is -0.274. The first-order valence-electron chi connectivity index (χ1n) is 8.50. The third kappa shape index (κ3) is 3.23. The third-order valence-corrected chi connectivity index (χ3v) is 4.90. The average molecular weight is 334 g/mol. The van der Waals surface area contributed by atoms with Gasteiger partial charge in [0.25, 0.3) is 0 Å². The van der Waals surface area contributed by atoms with E-state index in [4.69, 9.17) is 4.42 Å². The van der Waals surface area contributed by atoms with E-state index < -0.39 is 0 Å². The summed E-state index contributed by atoms with van der Waals surface area (Å²) in [6.07, 6.45) is 4.47. The average Bonchev–Trinajstić information content (AvgIpc) is 3.03. The van der Waals surface area contributed by atoms with Crippen molar-refractivity contribution in [3.63, 3.8) is 0 Å². The molecule has 0 N–H and O–H groups in total. The summed E-state index contributed by atoms with van der Waals surface area (Å²) in [7, 11) is 0. The highest BCUT2D eigenvalue weighted by Crippen LogP contribution is 2.47. The van der Waals surface area contributed by atoms with E-state index in [1.165, 1.54) is 0 Å². The molecule has 0 aliphatic heterocycles. The van der Waals surface area contributed by atoms with Crippen LogP contribution in [-0.2, 0) is 6.54 Å². The summed E-state index contributed by atoms with van der Waals surface area (Å²) in [6.45, 7) is 10.4. The van der Waals surface area contributed by atoms with Gasteiger partial charge in [0, 0.05) is 35.5 Å². The van der Waals surface area contributed by atoms with Gasteiger partial charge in [0.1, 0.15) is 23.2 Å². The van der Waals surface area contributed by atoms with E-state index in [0.29, 0.717) is 29.7 Å². The van der Waals surface area contributed by atoms with Crippen molar-refractivity contribution in [1.82, 2.24) is 4.57 Å². The molecule has 4 heteroatoms. The van der Waals surface area contributed by atoms with Crippen LogP contribution in [0.25, 0.3) is 6.08 Å². The van der Waals surface area contributed by atoms with E-state index >= 15 is 0 Å². The molecular weight excluding hydrogens is 312 g/mol. The summed E-state index contributed by atoms with van der Waals surface area (Å²) in [4.78, 5) is 12.8.